The zero-order valence-corrected chi connectivity index (χ0v) is 9.03. The number of hydrogen-bond acceptors (Lipinski definition) is 2. The van der Waals surface area contributed by atoms with Crippen molar-refractivity contribution >= 4 is 5.91 Å². The molecule has 0 saturated heterocycles. The summed E-state index contributed by atoms with van der Waals surface area (Å²) < 4.78 is 13.4. The third-order valence-electron chi connectivity index (χ3n) is 2.78. The van der Waals surface area contributed by atoms with Gasteiger partial charge in [0.1, 0.15) is 5.82 Å². The minimum atomic E-state index is -0.266. The second-order valence-electron chi connectivity index (χ2n) is 4.05. The fraction of sp³-hybridized carbons (Fsp3) is 0.417. The predicted molar refractivity (Wildman–Crippen MR) is 59.0 cm³/mol. The number of benzene rings is 1. The van der Waals surface area contributed by atoms with Crippen LogP contribution >= 0.6 is 0 Å². The van der Waals surface area contributed by atoms with E-state index in [-0.39, 0.29) is 24.3 Å². The van der Waals surface area contributed by atoms with Gasteiger partial charge in [-0.25, -0.2) is 4.39 Å². The van der Waals surface area contributed by atoms with E-state index in [4.69, 9.17) is 5.73 Å². The Hall–Kier alpha value is -1.42. The highest BCUT2D eigenvalue weighted by atomic mass is 19.1. The molecule has 1 aliphatic rings. The van der Waals surface area contributed by atoms with E-state index >= 15 is 0 Å². The van der Waals surface area contributed by atoms with Crippen molar-refractivity contribution < 1.29 is 9.18 Å². The van der Waals surface area contributed by atoms with Gasteiger partial charge < -0.3 is 10.6 Å². The molecule has 0 heterocycles. The van der Waals surface area contributed by atoms with Gasteiger partial charge in [0, 0.05) is 18.2 Å². The lowest BCUT2D eigenvalue weighted by atomic mass is 10.2. The largest absolute Gasteiger partial charge is 0.334 e. The molecular formula is C12H15FN2O. The lowest BCUT2D eigenvalue weighted by Crippen LogP contribution is -2.37. The smallest absolute Gasteiger partial charge is 0.236 e. The number of nitrogens with two attached hydrogens (primary N) is 1. The van der Waals surface area contributed by atoms with Gasteiger partial charge in [-0.15, -0.1) is 0 Å². The summed E-state index contributed by atoms with van der Waals surface area (Å²) in [5.74, 6) is -0.372. The van der Waals surface area contributed by atoms with Gasteiger partial charge in [0.25, 0.3) is 0 Å². The summed E-state index contributed by atoms with van der Waals surface area (Å²) in [6.07, 6.45) is 2.00. The van der Waals surface area contributed by atoms with Gasteiger partial charge in [-0.1, -0.05) is 18.2 Å². The maximum atomic E-state index is 13.4. The molecular weight excluding hydrogens is 207 g/mol. The Labute approximate surface area is 94.0 Å². The fourth-order valence-corrected chi connectivity index (χ4v) is 1.73. The first-order chi connectivity index (χ1) is 7.72. The molecule has 0 unspecified atom stereocenters. The van der Waals surface area contributed by atoms with Gasteiger partial charge in [0.2, 0.25) is 5.91 Å². The van der Waals surface area contributed by atoms with E-state index in [0.717, 1.165) is 12.8 Å². The average molecular weight is 222 g/mol. The quantitative estimate of drug-likeness (QED) is 0.834. The third kappa shape index (κ3) is 2.39. The molecule has 1 aromatic carbocycles. The molecule has 0 aromatic heterocycles. The number of nitrogens with zero attached hydrogens (tertiary/aromatic N) is 1. The lowest BCUT2D eigenvalue weighted by molar-refractivity contribution is -0.130. The molecule has 0 aliphatic heterocycles. The zero-order valence-electron chi connectivity index (χ0n) is 9.03. The number of carbonyl (C=O) groups is 1. The molecule has 3 nitrogen and oxygen atoms in total. The van der Waals surface area contributed by atoms with Crippen LogP contribution in [0.4, 0.5) is 4.39 Å². The Morgan fingerprint density at radius 1 is 1.44 bits per heavy atom. The number of halogens is 1. The number of carbonyl (C=O) groups excluding carboxylic acids is 1. The second kappa shape index (κ2) is 4.61. The molecule has 0 spiro atoms. The summed E-state index contributed by atoms with van der Waals surface area (Å²) >= 11 is 0. The van der Waals surface area contributed by atoms with Crippen molar-refractivity contribution in [3.05, 3.63) is 35.6 Å². The first-order valence-corrected chi connectivity index (χ1v) is 5.45. The van der Waals surface area contributed by atoms with E-state index < -0.39 is 0 Å². The maximum absolute atomic E-state index is 13.4. The monoisotopic (exact) mass is 222 g/mol. The molecule has 4 heteroatoms. The highest BCUT2D eigenvalue weighted by Crippen LogP contribution is 2.28. The van der Waals surface area contributed by atoms with Crippen molar-refractivity contribution in [1.82, 2.24) is 4.90 Å². The summed E-state index contributed by atoms with van der Waals surface area (Å²) in [7, 11) is 0. The summed E-state index contributed by atoms with van der Waals surface area (Å²) in [5, 5.41) is 0. The van der Waals surface area contributed by atoms with Crippen LogP contribution in [-0.2, 0) is 11.3 Å². The van der Waals surface area contributed by atoms with Crippen molar-refractivity contribution in [3.63, 3.8) is 0 Å². The van der Waals surface area contributed by atoms with Gasteiger partial charge in [0.05, 0.1) is 6.54 Å². The van der Waals surface area contributed by atoms with Crippen molar-refractivity contribution in [3.8, 4) is 0 Å². The Bertz CT molecular complexity index is 390. The Morgan fingerprint density at radius 2 is 2.12 bits per heavy atom. The molecule has 0 atom stereocenters. The van der Waals surface area contributed by atoms with Crippen LogP contribution in [0.25, 0.3) is 0 Å². The van der Waals surface area contributed by atoms with E-state index in [1.165, 1.54) is 6.07 Å². The van der Waals surface area contributed by atoms with E-state index in [1.807, 2.05) is 0 Å². The first-order valence-electron chi connectivity index (χ1n) is 5.45. The third-order valence-corrected chi connectivity index (χ3v) is 2.78. The normalized spacial score (nSPS) is 14.9. The van der Waals surface area contributed by atoms with Crippen LogP contribution in [0, 0.1) is 5.82 Å². The zero-order chi connectivity index (χ0) is 11.5. The minimum absolute atomic E-state index is 0.00898. The predicted octanol–water partition coefficient (Wildman–Crippen LogP) is 1.28. The SMILES string of the molecule is NCC(=O)N(Cc1ccccc1F)C1CC1. The molecule has 1 amide bonds. The Morgan fingerprint density at radius 3 is 2.69 bits per heavy atom. The molecule has 0 radical (unpaired) electrons. The van der Waals surface area contributed by atoms with Crippen LogP contribution in [0.1, 0.15) is 18.4 Å². The molecule has 1 aromatic rings. The minimum Gasteiger partial charge on any atom is -0.334 e. The second-order valence-corrected chi connectivity index (χ2v) is 4.05. The van der Waals surface area contributed by atoms with Gasteiger partial charge in [-0.3, -0.25) is 4.79 Å². The molecule has 1 saturated carbocycles. The van der Waals surface area contributed by atoms with Crippen LogP contribution in [0.3, 0.4) is 0 Å². The van der Waals surface area contributed by atoms with Crippen molar-refractivity contribution in [1.29, 1.82) is 0 Å². The number of hydrogen-bond donors (Lipinski definition) is 1. The van der Waals surface area contributed by atoms with E-state index in [0.29, 0.717) is 12.1 Å². The number of amides is 1. The van der Waals surface area contributed by atoms with E-state index in [2.05, 4.69) is 0 Å². The Kier molecular flexibility index (Phi) is 3.19. The molecule has 0 bridgehead atoms. The fourth-order valence-electron chi connectivity index (χ4n) is 1.73. The van der Waals surface area contributed by atoms with Crippen LogP contribution in [0.5, 0.6) is 0 Å². The van der Waals surface area contributed by atoms with Gasteiger partial charge in [-0.05, 0) is 18.9 Å². The van der Waals surface area contributed by atoms with Gasteiger partial charge in [-0.2, -0.15) is 0 Å². The maximum Gasteiger partial charge on any atom is 0.236 e. The van der Waals surface area contributed by atoms with Crippen LogP contribution in [0.15, 0.2) is 24.3 Å². The van der Waals surface area contributed by atoms with Gasteiger partial charge in [0.15, 0.2) is 0 Å². The molecule has 86 valence electrons. The summed E-state index contributed by atoms with van der Waals surface area (Å²) in [5.41, 5.74) is 5.90. The average Bonchev–Trinajstić information content (AvgIpc) is 3.11. The molecule has 1 aliphatic carbocycles. The van der Waals surface area contributed by atoms with Crippen LogP contribution < -0.4 is 5.73 Å². The highest BCUT2D eigenvalue weighted by Gasteiger charge is 2.32. The van der Waals surface area contributed by atoms with Crippen molar-refractivity contribution in [2.75, 3.05) is 6.54 Å². The van der Waals surface area contributed by atoms with E-state index in [1.54, 1.807) is 23.1 Å². The van der Waals surface area contributed by atoms with Crippen molar-refractivity contribution in [2.45, 2.75) is 25.4 Å². The summed E-state index contributed by atoms with van der Waals surface area (Å²) in [4.78, 5) is 13.3. The topological polar surface area (TPSA) is 46.3 Å². The highest BCUT2D eigenvalue weighted by molar-refractivity contribution is 5.78. The number of rotatable bonds is 4. The van der Waals surface area contributed by atoms with Gasteiger partial charge >= 0.3 is 0 Å². The van der Waals surface area contributed by atoms with Crippen LogP contribution in [0.2, 0.25) is 0 Å². The first kappa shape index (κ1) is 11.1. The molecule has 2 N–H and O–H groups in total. The lowest BCUT2D eigenvalue weighted by Gasteiger charge is -2.22. The molecule has 1 fully saturated rings. The summed E-state index contributed by atoms with van der Waals surface area (Å²) in [6, 6.07) is 6.79. The summed E-state index contributed by atoms with van der Waals surface area (Å²) in [6.45, 7) is 0.318. The molecule has 16 heavy (non-hydrogen) atoms. The van der Waals surface area contributed by atoms with Crippen LogP contribution in [-0.4, -0.2) is 23.4 Å². The Balaban J connectivity index is 2.11. The van der Waals surface area contributed by atoms with Crippen molar-refractivity contribution in [2.24, 2.45) is 5.73 Å². The standard InChI is InChI=1S/C12H15FN2O/c13-11-4-2-1-3-9(11)8-15(10-5-6-10)12(16)7-14/h1-4,10H,5-8,14H2. The van der Waals surface area contributed by atoms with E-state index in [9.17, 15) is 9.18 Å². The molecule has 2 rings (SSSR count).